The summed E-state index contributed by atoms with van der Waals surface area (Å²) in [4.78, 5) is 73.2. The van der Waals surface area contributed by atoms with Crippen molar-refractivity contribution in [2.24, 2.45) is 23.7 Å². The molecule has 0 radical (unpaired) electrons. The van der Waals surface area contributed by atoms with Crippen LogP contribution in [-0.4, -0.2) is 96.7 Å². The number of esters is 4. The van der Waals surface area contributed by atoms with Gasteiger partial charge < -0.3 is 33.8 Å². The van der Waals surface area contributed by atoms with Gasteiger partial charge >= 0.3 is 39.5 Å². The number of phosphoric acid groups is 2. The van der Waals surface area contributed by atoms with E-state index in [-0.39, 0.29) is 25.7 Å². The van der Waals surface area contributed by atoms with Crippen molar-refractivity contribution in [2.75, 3.05) is 39.6 Å². The highest BCUT2D eigenvalue weighted by Gasteiger charge is 2.30. The molecule has 5 atom stereocenters. The van der Waals surface area contributed by atoms with Gasteiger partial charge in [-0.3, -0.25) is 37.3 Å². The highest BCUT2D eigenvalue weighted by Crippen LogP contribution is 2.45. The van der Waals surface area contributed by atoms with Crippen molar-refractivity contribution < 1.29 is 80.2 Å². The quantitative estimate of drug-likeness (QED) is 0.0222. The van der Waals surface area contributed by atoms with Crippen molar-refractivity contribution >= 4 is 39.5 Å². The highest BCUT2D eigenvalue weighted by atomic mass is 31.2. The van der Waals surface area contributed by atoms with E-state index in [4.69, 9.17) is 37.0 Å². The molecule has 624 valence electrons. The number of phosphoric ester groups is 2. The van der Waals surface area contributed by atoms with Crippen LogP contribution in [0.3, 0.4) is 0 Å². The van der Waals surface area contributed by atoms with Crippen LogP contribution in [-0.2, 0) is 65.4 Å². The van der Waals surface area contributed by atoms with Gasteiger partial charge in [-0.05, 0) is 49.4 Å². The summed E-state index contributed by atoms with van der Waals surface area (Å²) < 4.78 is 68.9. The molecule has 0 aromatic rings. The van der Waals surface area contributed by atoms with E-state index in [1.54, 1.807) is 0 Å². The molecule has 17 nitrogen and oxygen atoms in total. The number of carbonyl (C=O) groups excluding carboxylic acids is 4. The Balaban J connectivity index is 5.20. The minimum atomic E-state index is -4.97. The van der Waals surface area contributed by atoms with Crippen LogP contribution in [0.1, 0.15) is 447 Å². The number of rotatable bonds is 83. The molecule has 3 N–H and O–H groups in total. The summed E-state index contributed by atoms with van der Waals surface area (Å²) >= 11 is 0. The van der Waals surface area contributed by atoms with Crippen LogP contribution in [0.5, 0.6) is 0 Å². The molecule has 0 heterocycles. The standard InChI is InChI=1S/C86H168O17P2/c1-76(2)62-54-46-38-32-26-20-14-11-9-10-12-16-24-30-36-42-52-60-69-86(91)103-82(73-97-84(89)67-59-51-45-44-49-57-65-79(7)8)75-101-105(94,95)99-71-80(87)70-98-104(92,93)100-74-81(72-96-83(88)66-58-50-41-35-29-23-19-18-22-28-34-40-48-56-64-78(5)6)102-85(90)68-61-53-43-37-31-25-17-13-15-21-27-33-39-47-55-63-77(3)4/h76-82,87H,9-75H2,1-8H3,(H,92,93)(H,94,95)/t80?,81-,82-/m1/s1. The SMILES string of the molecule is CC(C)CCCCCCCCCCCCCCCCCCCCC(=O)O[C@H](COC(=O)CCCCCCCCC(C)C)COP(=O)(O)OCC(O)COP(=O)(O)OC[C@@H](COC(=O)CCCCCCCCCCCCCCCCC(C)C)OC(=O)CCCCCCCCCCCCCCCCCC(C)C. The molecule has 0 saturated heterocycles. The van der Waals surface area contributed by atoms with Crippen LogP contribution in [0, 0.1) is 23.7 Å². The lowest BCUT2D eigenvalue weighted by atomic mass is 10.0. The number of aliphatic hydroxyl groups excluding tert-OH is 1. The van der Waals surface area contributed by atoms with Crippen molar-refractivity contribution in [3.63, 3.8) is 0 Å². The minimum absolute atomic E-state index is 0.107. The van der Waals surface area contributed by atoms with Crippen LogP contribution >= 0.6 is 15.6 Å². The Hall–Kier alpha value is -1.94. The lowest BCUT2D eigenvalue weighted by Gasteiger charge is -2.21. The Morgan fingerprint density at radius 2 is 0.400 bits per heavy atom. The fraction of sp³-hybridized carbons (Fsp3) is 0.953. The molecule has 0 saturated carbocycles. The zero-order chi connectivity index (χ0) is 77.4. The van der Waals surface area contributed by atoms with Gasteiger partial charge in [0.15, 0.2) is 12.2 Å². The average Bonchev–Trinajstić information content (AvgIpc) is 0.944. The molecule has 0 fully saturated rings. The Kier molecular flexibility index (Phi) is 73.4. The van der Waals surface area contributed by atoms with E-state index in [9.17, 15) is 43.2 Å². The van der Waals surface area contributed by atoms with E-state index < -0.39 is 97.5 Å². The second kappa shape index (κ2) is 74.8. The summed E-state index contributed by atoms with van der Waals surface area (Å²) in [6.45, 7) is 14.3. The highest BCUT2D eigenvalue weighted by molar-refractivity contribution is 7.47. The van der Waals surface area contributed by atoms with Crippen molar-refractivity contribution in [1.82, 2.24) is 0 Å². The van der Waals surface area contributed by atoms with Crippen LogP contribution in [0.25, 0.3) is 0 Å². The summed E-state index contributed by atoms with van der Waals surface area (Å²) in [6, 6.07) is 0. The third kappa shape index (κ3) is 79.9. The van der Waals surface area contributed by atoms with Gasteiger partial charge in [0, 0.05) is 25.7 Å². The molecule has 0 aliphatic rings. The summed E-state index contributed by atoms with van der Waals surface area (Å²) in [7, 11) is -9.93. The van der Waals surface area contributed by atoms with Gasteiger partial charge in [-0.25, -0.2) is 9.13 Å². The molecule has 0 aliphatic heterocycles. The lowest BCUT2D eigenvalue weighted by molar-refractivity contribution is -0.161. The fourth-order valence-electron chi connectivity index (χ4n) is 13.3. The predicted octanol–water partition coefficient (Wildman–Crippen LogP) is 25.9. The maximum absolute atomic E-state index is 13.1. The number of hydrogen-bond donors (Lipinski definition) is 3. The maximum Gasteiger partial charge on any atom is 0.472 e. The van der Waals surface area contributed by atoms with Crippen LogP contribution < -0.4 is 0 Å². The molecule has 19 heteroatoms. The molecule has 0 aromatic heterocycles. The van der Waals surface area contributed by atoms with E-state index in [0.717, 1.165) is 114 Å². The van der Waals surface area contributed by atoms with Gasteiger partial charge in [-0.1, -0.05) is 396 Å². The van der Waals surface area contributed by atoms with Crippen molar-refractivity contribution in [2.45, 2.75) is 465 Å². The van der Waals surface area contributed by atoms with Gasteiger partial charge in [0.2, 0.25) is 0 Å². The van der Waals surface area contributed by atoms with E-state index in [0.29, 0.717) is 31.6 Å². The number of ether oxygens (including phenoxy) is 4. The first-order valence-corrected chi connectivity index (χ1v) is 47.2. The largest absolute Gasteiger partial charge is 0.472 e. The van der Waals surface area contributed by atoms with Gasteiger partial charge in [0.1, 0.15) is 19.3 Å². The van der Waals surface area contributed by atoms with Crippen LogP contribution in [0.2, 0.25) is 0 Å². The Morgan fingerprint density at radius 3 is 0.590 bits per heavy atom. The minimum Gasteiger partial charge on any atom is -0.462 e. The Morgan fingerprint density at radius 1 is 0.238 bits per heavy atom. The second-order valence-corrected chi connectivity index (χ2v) is 35.7. The monoisotopic (exact) mass is 1540 g/mol. The summed E-state index contributed by atoms with van der Waals surface area (Å²) in [5.74, 6) is 0.992. The van der Waals surface area contributed by atoms with Crippen molar-refractivity contribution in [3.8, 4) is 0 Å². The number of carbonyl (C=O) groups is 4. The molecule has 0 amide bonds. The first-order valence-electron chi connectivity index (χ1n) is 44.2. The molecule has 3 unspecified atom stereocenters. The second-order valence-electron chi connectivity index (χ2n) is 32.8. The van der Waals surface area contributed by atoms with Crippen LogP contribution in [0.4, 0.5) is 0 Å². The van der Waals surface area contributed by atoms with Gasteiger partial charge in [0.05, 0.1) is 26.4 Å². The lowest BCUT2D eigenvalue weighted by Crippen LogP contribution is -2.30. The van der Waals surface area contributed by atoms with Gasteiger partial charge in [-0.2, -0.15) is 0 Å². The third-order valence-electron chi connectivity index (χ3n) is 20.1. The Labute approximate surface area is 645 Å². The number of hydrogen-bond acceptors (Lipinski definition) is 15. The zero-order valence-electron chi connectivity index (χ0n) is 69.4. The first-order chi connectivity index (χ1) is 50.6. The molecule has 0 rings (SSSR count). The topological polar surface area (TPSA) is 237 Å². The first kappa shape index (κ1) is 103. The predicted molar refractivity (Wildman–Crippen MR) is 432 cm³/mol. The third-order valence-corrected chi connectivity index (χ3v) is 22.0. The molecule has 0 aliphatic carbocycles. The molecule has 0 aromatic carbocycles. The number of aliphatic hydroxyl groups is 1. The summed E-state index contributed by atoms with van der Waals surface area (Å²) in [5, 5.41) is 10.7. The van der Waals surface area contributed by atoms with Crippen LogP contribution in [0.15, 0.2) is 0 Å². The molecule has 0 bridgehead atoms. The van der Waals surface area contributed by atoms with E-state index in [1.807, 2.05) is 0 Å². The zero-order valence-corrected chi connectivity index (χ0v) is 71.2. The molecular formula is C86H168O17P2. The van der Waals surface area contributed by atoms with E-state index in [1.165, 1.54) is 244 Å². The summed E-state index contributed by atoms with van der Waals surface area (Å²) in [5.41, 5.74) is 0. The summed E-state index contributed by atoms with van der Waals surface area (Å²) in [6.07, 6.45) is 64.1. The average molecular weight is 1540 g/mol. The number of unbranched alkanes of at least 4 members (excludes halogenated alkanes) is 49. The normalized spacial score (nSPS) is 13.9. The van der Waals surface area contributed by atoms with Crippen molar-refractivity contribution in [1.29, 1.82) is 0 Å². The molecule has 105 heavy (non-hydrogen) atoms. The van der Waals surface area contributed by atoms with Crippen molar-refractivity contribution in [3.05, 3.63) is 0 Å². The van der Waals surface area contributed by atoms with E-state index in [2.05, 4.69) is 55.4 Å². The Bertz CT molecular complexity index is 2040. The fourth-order valence-corrected chi connectivity index (χ4v) is 14.9. The molecular weight excluding hydrogens is 1370 g/mol. The molecule has 0 spiro atoms. The van der Waals surface area contributed by atoms with Gasteiger partial charge in [0.25, 0.3) is 0 Å². The maximum atomic E-state index is 13.1. The van der Waals surface area contributed by atoms with E-state index >= 15 is 0 Å². The smallest absolute Gasteiger partial charge is 0.462 e. The van der Waals surface area contributed by atoms with Gasteiger partial charge in [-0.15, -0.1) is 0 Å².